The van der Waals surface area contributed by atoms with Crippen LogP contribution >= 0.6 is 0 Å². The molecule has 5 unspecified atom stereocenters. The van der Waals surface area contributed by atoms with E-state index in [9.17, 15) is 9.00 Å². The number of amides is 1. The van der Waals surface area contributed by atoms with Crippen molar-refractivity contribution >= 4 is 16.7 Å². The minimum Gasteiger partial charge on any atom is -0.378 e. The first-order valence-electron chi connectivity index (χ1n) is 8.84. The van der Waals surface area contributed by atoms with Gasteiger partial charge in [0.2, 0.25) is 5.91 Å². The smallest absolute Gasteiger partial charge is 0.241 e. The Hall–Kier alpha value is -0.460. The van der Waals surface area contributed by atoms with Crippen molar-refractivity contribution in [3.63, 3.8) is 0 Å². The van der Waals surface area contributed by atoms with Gasteiger partial charge in [0.05, 0.1) is 6.10 Å². The standard InChI is InChI=1S/C17H32N2O3S/c1-5-22-14-11-17(18,16(14,3)4)15(20)19-12-8-7-9-13(10-12)23(21)6-2/h12-14H,5-11,18H2,1-4H3,(H,19,20). The molecule has 0 saturated heterocycles. The van der Waals surface area contributed by atoms with Crippen LogP contribution in [0.2, 0.25) is 0 Å². The fourth-order valence-electron chi connectivity index (χ4n) is 3.89. The minimum absolute atomic E-state index is 0.0370. The van der Waals surface area contributed by atoms with E-state index in [2.05, 4.69) is 5.32 Å². The highest BCUT2D eigenvalue weighted by Crippen LogP contribution is 2.50. The summed E-state index contributed by atoms with van der Waals surface area (Å²) in [7, 11) is -0.784. The van der Waals surface area contributed by atoms with Crippen LogP contribution in [0.1, 0.15) is 59.8 Å². The molecule has 0 aromatic rings. The molecule has 2 aliphatic rings. The normalized spacial score (nSPS) is 37.7. The third-order valence-corrected chi connectivity index (χ3v) is 7.59. The van der Waals surface area contributed by atoms with E-state index < -0.39 is 16.3 Å². The van der Waals surface area contributed by atoms with Crippen molar-refractivity contribution in [3.05, 3.63) is 0 Å². The molecular weight excluding hydrogens is 312 g/mol. The number of hydrogen-bond donors (Lipinski definition) is 2. The molecule has 0 aliphatic heterocycles. The van der Waals surface area contributed by atoms with Gasteiger partial charge in [-0.15, -0.1) is 0 Å². The summed E-state index contributed by atoms with van der Waals surface area (Å²) in [5, 5.41) is 3.34. The number of nitrogens with two attached hydrogens (primary N) is 1. The van der Waals surface area contributed by atoms with Crippen LogP contribution in [0.25, 0.3) is 0 Å². The molecule has 5 nitrogen and oxygen atoms in total. The van der Waals surface area contributed by atoms with Gasteiger partial charge in [-0.3, -0.25) is 9.00 Å². The summed E-state index contributed by atoms with van der Waals surface area (Å²) in [5.74, 6) is 0.612. The summed E-state index contributed by atoms with van der Waals surface area (Å²) >= 11 is 0. The monoisotopic (exact) mass is 344 g/mol. The van der Waals surface area contributed by atoms with Crippen LogP contribution < -0.4 is 11.1 Å². The number of hydrogen-bond acceptors (Lipinski definition) is 4. The largest absolute Gasteiger partial charge is 0.378 e. The van der Waals surface area contributed by atoms with Crippen molar-refractivity contribution in [2.24, 2.45) is 11.1 Å². The second-order valence-corrected chi connectivity index (χ2v) is 9.48. The molecule has 2 aliphatic carbocycles. The molecule has 23 heavy (non-hydrogen) atoms. The van der Waals surface area contributed by atoms with Crippen molar-refractivity contribution in [1.82, 2.24) is 5.32 Å². The molecule has 0 radical (unpaired) electrons. The first-order chi connectivity index (χ1) is 10.8. The second-order valence-electron chi connectivity index (χ2n) is 7.47. The molecule has 2 rings (SSSR count). The Bertz CT molecular complexity index is 469. The zero-order chi connectivity index (χ0) is 17.3. The molecule has 0 heterocycles. The Morgan fingerprint density at radius 3 is 2.61 bits per heavy atom. The maximum atomic E-state index is 12.8. The predicted octanol–water partition coefficient (Wildman–Crippen LogP) is 1.71. The number of carbonyl (C=O) groups excluding carboxylic acids is 1. The van der Waals surface area contributed by atoms with Gasteiger partial charge in [-0.1, -0.05) is 27.2 Å². The van der Waals surface area contributed by atoms with E-state index in [0.717, 1.165) is 25.7 Å². The van der Waals surface area contributed by atoms with Gasteiger partial charge in [0.15, 0.2) is 0 Å². The predicted molar refractivity (Wildman–Crippen MR) is 93.6 cm³/mol. The lowest BCUT2D eigenvalue weighted by Crippen LogP contribution is -2.76. The summed E-state index contributed by atoms with van der Waals surface area (Å²) in [4.78, 5) is 12.8. The molecule has 2 fully saturated rings. The SMILES string of the molecule is CCOC1CC(N)(C(=O)NC2CCCC(S(=O)CC)C2)C1(C)C. The maximum absolute atomic E-state index is 12.8. The third kappa shape index (κ3) is 3.49. The first-order valence-corrected chi connectivity index (χ1v) is 10.2. The van der Waals surface area contributed by atoms with Crippen LogP contribution in [0.4, 0.5) is 0 Å². The molecule has 3 N–H and O–H groups in total. The first kappa shape index (κ1) is 18.9. The van der Waals surface area contributed by atoms with E-state index in [1.807, 2.05) is 27.7 Å². The fraction of sp³-hybridized carbons (Fsp3) is 0.941. The van der Waals surface area contributed by atoms with Gasteiger partial charge < -0.3 is 15.8 Å². The Labute approximate surface area is 142 Å². The van der Waals surface area contributed by atoms with Crippen LogP contribution in [-0.4, -0.2) is 45.4 Å². The molecule has 1 amide bonds. The highest BCUT2D eigenvalue weighted by atomic mass is 32.2. The van der Waals surface area contributed by atoms with Crippen molar-refractivity contribution < 1.29 is 13.7 Å². The molecule has 0 aromatic carbocycles. The maximum Gasteiger partial charge on any atom is 0.241 e. The van der Waals surface area contributed by atoms with E-state index in [0.29, 0.717) is 18.8 Å². The van der Waals surface area contributed by atoms with E-state index in [-0.39, 0.29) is 28.7 Å². The average Bonchev–Trinajstić information content (AvgIpc) is 2.53. The fourth-order valence-corrected chi connectivity index (χ4v) is 5.23. The Morgan fingerprint density at radius 1 is 1.35 bits per heavy atom. The molecule has 2 saturated carbocycles. The van der Waals surface area contributed by atoms with E-state index in [4.69, 9.17) is 10.5 Å². The zero-order valence-electron chi connectivity index (χ0n) is 14.9. The minimum atomic E-state index is -0.871. The van der Waals surface area contributed by atoms with Gasteiger partial charge in [0.25, 0.3) is 0 Å². The van der Waals surface area contributed by atoms with Crippen LogP contribution in [0.3, 0.4) is 0 Å². The summed E-state index contributed by atoms with van der Waals surface area (Å²) in [6.07, 6.45) is 4.38. The second kappa shape index (κ2) is 7.19. The highest BCUT2D eigenvalue weighted by Gasteiger charge is 2.63. The zero-order valence-corrected chi connectivity index (χ0v) is 15.7. The Balaban J connectivity index is 1.95. The Morgan fingerprint density at radius 2 is 2.04 bits per heavy atom. The summed E-state index contributed by atoms with van der Waals surface area (Å²) in [5.41, 5.74) is 5.19. The Kier molecular flexibility index (Phi) is 5.90. The number of carbonyl (C=O) groups is 1. The summed E-state index contributed by atoms with van der Waals surface area (Å²) in [6, 6.07) is 0.0964. The average molecular weight is 345 g/mol. The number of ether oxygens (including phenoxy) is 1. The van der Waals surface area contributed by atoms with Gasteiger partial charge in [-0.2, -0.15) is 0 Å². The highest BCUT2D eigenvalue weighted by molar-refractivity contribution is 7.85. The van der Waals surface area contributed by atoms with Crippen LogP contribution in [0.15, 0.2) is 0 Å². The summed E-state index contributed by atoms with van der Waals surface area (Å²) < 4.78 is 17.7. The van der Waals surface area contributed by atoms with Gasteiger partial charge in [-0.05, 0) is 26.2 Å². The van der Waals surface area contributed by atoms with Gasteiger partial charge in [0, 0.05) is 46.3 Å². The number of rotatable bonds is 6. The third-order valence-electron chi connectivity index (χ3n) is 5.85. The van der Waals surface area contributed by atoms with Crippen molar-refractivity contribution in [1.29, 1.82) is 0 Å². The van der Waals surface area contributed by atoms with Crippen molar-refractivity contribution in [2.45, 2.75) is 82.7 Å². The van der Waals surface area contributed by atoms with Crippen LogP contribution in [0, 0.1) is 5.41 Å². The van der Waals surface area contributed by atoms with Gasteiger partial charge in [-0.25, -0.2) is 0 Å². The molecule has 5 atom stereocenters. The molecule has 0 spiro atoms. The number of nitrogens with one attached hydrogen (secondary N) is 1. The topological polar surface area (TPSA) is 81.4 Å². The molecule has 0 bridgehead atoms. The van der Waals surface area contributed by atoms with Gasteiger partial charge >= 0.3 is 0 Å². The molecule has 6 heteroatoms. The van der Waals surface area contributed by atoms with E-state index in [1.165, 1.54) is 0 Å². The van der Waals surface area contributed by atoms with Crippen LogP contribution in [-0.2, 0) is 20.3 Å². The van der Waals surface area contributed by atoms with Crippen molar-refractivity contribution in [3.8, 4) is 0 Å². The van der Waals surface area contributed by atoms with Gasteiger partial charge in [0.1, 0.15) is 5.54 Å². The molecule has 134 valence electrons. The summed E-state index contributed by atoms with van der Waals surface area (Å²) in [6.45, 7) is 8.57. The quantitative estimate of drug-likeness (QED) is 0.769. The molecule has 0 aromatic heterocycles. The lowest BCUT2D eigenvalue weighted by atomic mass is 9.54. The molecular formula is C17H32N2O3S. The van der Waals surface area contributed by atoms with E-state index in [1.54, 1.807) is 0 Å². The lowest BCUT2D eigenvalue weighted by molar-refractivity contribution is -0.171. The van der Waals surface area contributed by atoms with E-state index >= 15 is 0 Å². The van der Waals surface area contributed by atoms with Crippen molar-refractivity contribution in [2.75, 3.05) is 12.4 Å². The van der Waals surface area contributed by atoms with Crippen LogP contribution in [0.5, 0.6) is 0 Å². The lowest BCUT2D eigenvalue weighted by Gasteiger charge is -2.57.